The number of aliphatic hydroxyl groups excluding tert-OH is 1. The molecule has 1 heterocycles. The van der Waals surface area contributed by atoms with Crippen LogP contribution < -0.4 is 10.1 Å². The third-order valence-electron chi connectivity index (χ3n) is 3.36. The lowest BCUT2D eigenvalue weighted by Crippen LogP contribution is -2.42. The summed E-state index contributed by atoms with van der Waals surface area (Å²) < 4.78 is 5.47. The summed E-state index contributed by atoms with van der Waals surface area (Å²) in [6.45, 7) is 2.27. The number of nitrogens with zero attached hydrogens (tertiary/aromatic N) is 1. The molecule has 0 saturated carbocycles. The Kier molecular flexibility index (Phi) is 5.16. The number of ether oxygens (including phenoxy) is 1. The average molecular weight is 292 g/mol. The van der Waals surface area contributed by atoms with E-state index in [0.717, 1.165) is 5.75 Å². The Hall–Kier alpha value is -2.08. The molecule has 114 valence electrons. The number of amides is 2. The maximum atomic E-state index is 12.0. The van der Waals surface area contributed by atoms with Gasteiger partial charge in [-0.25, -0.2) is 0 Å². The van der Waals surface area contributed by atoms with Crippen molar-refractivity contribution in [1.82, 2.24) is 10.2 Å². The third kappa shape index (κ3) is 4.46. The largest absolute Gasteiger partial charge is 0.493 e. The first-order valence-corrected chi connectivity index (χ1v) is 6.97. The summed E-state index contributed by atoms with van der Waals surface area (Å²) in [5.74, 6) is 0.432. The topological polar surface area (TPSA) is 78.9 Å². The minimum atomic E-state index is -0.715. The summed E-state index contributed by atoms with van der Waals surface area (Å²) in [5, 5.41) is 12.5. The number of benzene rings is 1. The molecule has 1 aliphatic heterocycles. The van der Waals surface area contributed by atoms with Crippen LogP contribution in [-0.2, 0) is 9.59 Å². The van der Waals surface area contributed by atoms with Gasteiger partial charge in [0.1, 0.15) is 5.75 Å². The molecular formula is C15H20N2O4. The monoisotopic (exact) mass is 292 g/mol. The number of nitrogens with one attached hydrogen (secondary N) is 1. The van der Waals surface area contributed by atoms with E-state index in [4.69, 9.17) is 4.74 Å². The van der Waals surface area contributed by atoms with Crippen molar-refractivity contribution in [3.63, 3.8) is 0 Å². The minimum Gasteiger partial charge on any atom is -0.493 e. The Bertz CT molecular complexity index is 492. The number of para-hydroxylation sites is 1. The van der Waals surface area contributed by atoms with Gasteiger partial charge in [0.2, 0.25) is 11.8 Å². The molecule has 1 fully saturated rings. The van der Waals surface area contributed by atoms with Crippen molar-refractivity contribution in [1.29, 1.82) is 0 Å². The fourth-order valence-electron chi connectivity index (χ4n) is 2.32. The highest BCUT2D eigenvalue weighted by atomic mass is 16.5. The van der Waals surface area contributed by atoms with Gasteiger partial charge >= 0.3 is 0 Å². The first-order chi connectivity index (χ1) is 10.1. The average Bonchev–Trinajstić information content (AvgIpc) is 2.80. The van der Waals surface area contributed by atoms with Crippen LogP contribution in [0.25, 0.3) is 0 Å². The summed E-state index contributed by atoms with van der Waals surface area (Å²) >= 11 is 0. The zero-order valence-electron chi connectivity index (χ0n) is 12.0. The molecule has 0 aromatic heterocycles. The van der Waals surface area contributed by atoms with Crippen LogP contribution in [0, 0.1) is 0 Å². The van der Waals surface area contributed by atoms with Crippen LogP contribution >= 0.6 is 0 Å². The van der Waals surface area contributed by atoms with Gasteiger partial charge in [-0.3, -0.25) is 9.59 Å². The van der Waals surface area contributed by atoms with E-state index in [1.165, 1.54) is 6.92 Å². The number of hydrogen-bond donors (Lipinski definition) is 2. The Morgan fingerprint density at radius 2 is 2.05 bits per heavy atom. The SMILES string of the molecule is CC(=O)N[C@@H]1CN(C(=O)CCOc2ccccc2)C[C@H]1O. The molecule has 0 aliphatic carbocycles. The van der Waals surface area contributed by atoms with E-state index < -0.39 is 6.10 Å². The van der Waals surface area contributed by atoms with Gasteiger partial charge in [-0.2, -0.15) is 0 Å². The highest BCUT2D eigenvalue weighted by Gasteiger charge is 2.34. The van der Waals surface area contributed by atoms with Gasteiger partial charge in [-0.1, -0.05) is 18.2 Å². The van der Waals surface area contributed by atoms with Gasteiger partial charge in [0.25, 0.3) is 0 Å². The molecule has 0 spiro atoms. The first-order valence-electron chi connectivity index (χ1n) is 6.97. The third-order valence-corrected chi connectivity index (χ3v) is 3.36. The Balaban J connectivity index is 1.75. The van der Waals surface area contributed by atoms with E-state index in [9.17, 15) is 14.7 Å². The smallest absolute Gasteiger partial charge is 0.226 e. The van der Waals surface area contributed by atoms with Crippen molar-refractivity contribution in [2.45, 2.75) is 25.5 Å². The molecule has 6 nitrogen and oxygen atoms in total. The van der Waals surface area contributed by atoms with Gasteiger partial charge in [-0.05, 0) is 12.1 Å². The number of carbonyl (C=O) groups excluding carboxylic acids is 2. The second kappa shape index (κ2) is 7.08. The summed E-state index contributed by atoms with van der Waals surface area (Å²) in [4.78, 5) is 24.6. The molecule has 2 N–H and O–H groups in total. The predicted octanol–water partition coefficient (Wildman–Crippen LogP) is 0.163. The number of β-amino-alcohol motifs (C(OH)–C–C–N with tert-alkyl or cyclic N) is 1. The zero-order valence-corrected chi connectivity index (χ0v) is 12.0. The van der Waals surface area contributed by atoms with Crippen molar-refractivity contribution in [3.05, 3.63) is 30.3 Å². The van der Waals surface area contributed by atoms with Crippen molar-refractivity contribution in [3.8, 4) is 5.75 Å². The maximum absolute atomic E-state index is 12.0. The minimum absolute atomic E-state index is 0.0853. The summed E-state index contributed by atoms with van der Waals surface area (Å²) in [7, 11) is 0. The number of likely N-dealkylation sites (tertiary alicyclic amines) is 1. The van der Waals surface area contributed by atoms with Crippen LogP contribution in [0.2, 0.25) is 0 Å². The summed E-state index contributed by atoms with van der Waals surface area (Å²) in [6, 6.07) is 8.90. The van der Waals surface area contributed by atoms with Crippen LogP contribution in [0.15, 0.2) is 30.3 Å². The van der Waals surface area contributed by atoms with Crippen LogP contribution in [0.5, 0.6) is 5.75 Å². The molecule has 1 aromatic rings. The van der Waals surface area contributed by atoms with Crippen molar-refractivity contribution in [2.75, 3.05) is 19.7 Å². The highest BCUT2D eigenvalue weighted by Crippen LogP contribution is 2.13. The molecule has 6 heteroatoms. The van der Waals surface area contributed by atoms with Crippen LogP contribution in [0.3, 0.4) is 0 Å². The predicted molar refractivity (Wildman–Crippen MR) is 76.7 cm³/mol. The molecule has 2 atom stereocenters. The normalized spacial score (nSPS) is 21.1. The van der Waals surface area contributed by atoms with Crippen LogP contribution in [0.4, 0.5) is 0 Å². The maximum Gasteiger partial charge on any atom is 0.226 e. The van der Waals surface area contributed by atoms with Gasteiger partial charge < -0.3 is 20.1 Å². The van der Waals surface area contributed by atoms with E-state index in [2.05, 4.69) is 5.32 Å². The molecule has 21 heavy (non-hydrogen) atoms. The van der Waals surface area contributed by atoms with E-state index in [-0.39, 0.29) is 30.8 Å². The van der Waals surface area contributed by atoms with E-state index in [1.807, 2.05) is 30.3 Å². The number of carbonyl (C=O) groups is 2. The van der Waals surface area contributed by atoms with Gasteiger partial charge in [0.15, 0.2) is 0 Å². The van der Waals surface area contributed by atoms with Gasteiger partial charge in [-0.15, -0.1) is 0 Å². The number of hydrogen-bond acceptors (Lipinski definition) is 4. The number of rotatable bonds is 5. The Labute approximate surface area is 123 Å². The molecule has 2 amide bonds. The molecule has 0 bridgehead atoms. The second-order valence-corrected chi connectivity index (χ2v) is 5.08. The lowest BCUT2D eigenvalue weighted by Gasteiger charge is -2.16. The highest BCUT2D eigenvalue weighted by molar-refractivity contribution is 5.77. The first kappa shape index (κ1) is 15.3. The zero-order chi connectivity index (χ0) is 15.2. The molecule has 1 aliphatic rings. The Morgan fingerprint density at radius 1 is 1.33 bits per heavy atom. The number of aliphatic hydroxyl groups is 1. The fourth-order valence-corrected chi connectivity index (χ4v) is 2.32. The van der Waals surface area contributed by atoms with E-state index >= 15 is 0 Å². The van der Waals surface area contributed by atoms with Crippen LogP contribution in [-0.4, -0.2) is 53.7 Å². The lowest BCUT2D eigenvalue weighted by atomic mass is 10.2. The molecule has 2 rings (SSSR count). The fraction of sp³-hybridized carbons (Fsp3) is 0.467. The molecule has 1 aromatic carbocycles. The molecular weight excluding hydrogens is 272 g/mol. The lowest BCUT2D eigenvalue weighted by molar-refractivity contribution is -0.131. The quantitative estimate of drug-likeness (QED) is 0.810. The van der Waals surface area contributed by atoms with Gasteiger partial charge in [0, 0.05) is 20.0 Å². The molecule has 0 radical (unpaired) electrons. The van der Waals surface area contributed by atoms with Crippen molar-refractivity contribution >= 4 is 11.8 Å². The second-order valence-electron chi connectivity index (χ2n) is 5.08. The van der Waals surface area contributed by atoms with E-state index in [1.54, 1.807) is 4.90 Å². The van der Waals surface area contributed by atoms with Gasteiger partial charge in [0.05, 0.1) is 25.2 Å². The summed E-state index contributed by atoms with van der Waals surface area (Å²) in [5.41, 5.74) is 0. The molecule has 1 saturated heterocycles. The molecule has 0 unspecified atom stereocenters. The van der Waals surface area contributed by atoms with Crippen LogP contribution in [0.1, 0.15) is 13.3 Å². The Morgan fingerprint density at radius 3 is 2.71 bits per heavy atom. The summed E-state index contributed by atoms with van der Waals surface area (Å²) in [6.07, 6.45) is -0.470. The van der Waals surface area contributed by atoms with Crippen molar-refractivity contribution in [2.24, 2.45) is 0 Å². The van der Waals surface area contributed by atoms with E-state index in [0.29, 0.717) is 13.2 Å². The standard InChI is InChI=1S/C15H20N2O4/c1-11(18)16-13-9-17(10-14(13)19)15(20)7-8-21-12-5-3-2-4-6-12/h2-6,13-14,19H,7-10H2,1H3,(H,16,18)/t13-,14-/m1/s1. The van der Waals surface area contributed by atoms with Crippen molar-refractivity contribution < 1.29 is 19.4 Å².